The van der Waals surface area contributed by atoms with Crippen LogP contribution in [-0.2, 0) is 11.2 Å². The number of rotatable bonds is 6. The largest absolute Gasteiger partial charge is 0.490 e. The number of nitrogens with zero attached hydrogens (tertiary/aromatic N) is 2. The number of hydrogen-bond acceptors (Lipinski definition) is 3. The van der Waals surface area contributed by atoms with Crippen LogP contribution in [0.3, 0.4) is 0 Å². The van der Waals surface area contributed by atoms with E-state index in [1.165, 1.54) is 12.0 Å². The number of piperidine rings is 2. The minimum atomic E-state index is -0.119. The van der Waals surface area contributed by atoms with Crippen molar-refractivity contribution in [3.63, 3.8) is 0 Å². The summed E-state index contributed by atoms with van der Waals surface area (Å²) in [6.45, 7) is 4.90. The van der Waals surface area contributed by atoms with Crippen molar-refractivity contribution in [3.8, 4) is 5.75 Å². The number of halogens is 1. The molecule has 2 fully saturated rings. The van der Waals surface area contributed by atoms with Gasteiger partial charge in [0.15, 0.2) is 0 Å². The molecule has 4 rings (SSSR count). The second-order valence-electron chi connectivity index (χ2n) is 9.11. The van der Waals surface area contributed by atoms with Gasteiger partial charge >= 0.3 is 0 Å². The summed E-state index contributed by atoms with van der Waals surface area (Å²) in [6.07, 6.45) is 5.25. The lowest BCUT2D eigenvalue weighted by Gasteiger charge is -2.39. The minimum absolute atomic E-state index is 0.0259. The fraction of sp³-hybridized carbons (Fsp3) is 0.481. The highest BCUT2D eigenvalue weighted by atomic mass is 35.5. The Morgan fingerprint density at radius 1 is 0.939 bits per heavy atom. The Morgan fingerprint density at radius 3 is 2.30 bits per heavy atom. The van der Waals surface area contributed by atoms with E-state index in [1.54, 1.807) is 0 Å². The Bertz CT molecular complexity index is 939. The first kappa shape index (κ1) is 23.6. The van der Waals surface area contributed by atoms with E-state index in [0.717, 1.165) is 38.1 Å². The first-order valence-corrected chi connectivity index (χ1v) is 12.5. The number of aryl methyl sites for hydroxylation is 1. The Morgan fingerprint density at radius 2 is 1.64 bits per heavy atom. The summed E-state index contributed by atoms with van der Waals surface area (Å²) in [5.41, 5.74) is 1.91. The highest BCUT2D eigenvalue weighted by Crippen LogP contribution is 2.28. The molecule has 6 heteroatoms. The predicted octanol–water partition coefficient (Wildman–Crippen LogP) is 5.21. The number of amides is 2. The molecule has 0 unspecified atom stereocenters. The normalized spacial score (nSPS) is 21.0. The van der Waals surface area contributed by atoms with Gasteiger partial charge < -0.3 is 14.5 Å². The number of carbonyl (C=O) groups is 2. The van der Waals surface area contributed by atoms with Crippen LogP contribution >= 0.6 is 11.6 Å². The van der Waals surface area contributed by atoms with Crippen LogP contribution in [0.25, 0.3) is 0 Å². The van der Waals surface area contributed by atoms with Crippen molar-refractivity contribution in [1.82, 2.24) is 9.80 Å². The van der Waals surface area contributed by atoms with Crippen molar-refractivity contribution < 1.29 is 14.3 Å². The molecule has 0 radical (unpaired) electrons. The maximum atomic E-state index is 13.2. The Balaban J connectivity index is 1.48. The third-order valence-electron chi connectivity index (χ3n) is 6.81. The lowest BCUT2D eigenvalue weighted by molar-refractivity contribution is -0.134. The second kappa shape index (κ2) is 11.1. The van der Waals surface area contributed by atoms with Gasteiger partial charge in [0.1, 0.15) is 11.9 Å². The number of benzene rings is 2. The van der Waals surface area contributed by atoms with Crippen molar-refractivity contribution in [2.24, 2.45) is 5.92 Å². The van der Waals surface area contributed by atoms with Crippen LogP contribution in [0.2, 0.25) is 5.02 Å². The third kappa shape index (κ3) is 6.08. The van der Waals surface area contributed by atoms with Crippen molar-refractivity contribution in [3.05, 3.63) is 64.7 Å². The average Bonchev–Trinajstić information content (AvgIpc) is 2.86. The molecule has 0 aromatic heterocycles. The van der Waals surface area contributed by atoms with Gasteiger partial charge in [0.2, 0.25) is 5.91 Å². The average molecular weight is 469 g/mol. The zero-order valence-corrected chi connectivity index (χ0v) is 20.1. The summed E-state index contributed by atoms with van der Waals surface area (Å²) < 4.78 is 6.31. The molecule has 0 N–H and O–H groups in total. The molecular formula is C27H33ClN2O3. The van der Waals surface area contributed by atoms with Crippen molar-refractivity contribution in [2.45, 2.75) is 51.6 Å². The SMILES string of the molecule is CCc1ccc(C(=O)N2CC[C@H](Oc3ccc(Cl)cc3)[C@@H](CC(=O)N3CCCCC3)C2)cc1. The van der Waals surface area contributed by atoms with Crippen LogP contribution in [0.4, 0.5) is 0 Å². The minimum Gasteiger partial charge on any atom is -0.490 e. The zero-order chi connectivity index (χ0) is 23.2. The van der Waals surface area contributed by atoms with Crippen molar-refractivity contribution >= 4 is 23.4 Å². The molecule has 176 valence electrons. The van der Waals surface area contributed by atoms with E-state index in [0.29, 0.717) is 36.5 Å². The monoisotopic (exact) mass is 468 g/mol. The van der Waals surface area contributed by atoms with E-state index in [4.69, 9.17) is 16.3 Å². The first-order chi connectivity index (χ1) is 16.0. The number of ether oxygens (including phenoxy) is 1. The van der Waals surface area contributed by atoms with E-state index in [-0.39, 0.29) is 23.8 Å². The van der Waals surface area contributed by atoms with Gasteiger partial charge in [-0.05, 0) is 67.6 Å². The molecule has 2 amide bonds. The summed E-state index contributed by atoms with van der Waals surface area (Å²) in [5.74, 6) is 0.890. The van der Waals surface area contributed by atoms with Gasteiger partial charge in [-0.25, -0.2) is 0 Å². The van der Waals surface area contributed by atoms with Crippen LogP contribution in [0.15, 0.2) is 48.5 Å². The lowest BCUT2D eigenvalue weighted by Crippen LogP contribution is -2.49. The molecule has 2 atom stereocenters. The topological polar surface area (TPSA) is 49.9 Å². The first-order valence-electron chi connectivity index (χ1n) is 12.1. The van der Waals surface area contributed by atoms with Crippen molar-refractivity contribution in [1.29, 1.82) is 0 Å². The maximum Gasteiger partial charge on any atom is 0.253 e. The molecule has 5 nitrogen and oxygen atoms in total. The lowest BCUT2D eigenvalue weighted by atomic mass is 9.90. The molecular weight excluding hydrogens is 436 g/mol. The highest BCUT2D eigenvalue weighted by molar-refractivity contribution is 6.30. The Labute approximate surface area is 201 Å². The van der Waals surface area contributed by atoms with E-state index >= 15 is 0 Å². The predicted molar refractivity (Wildman–Crippen MR) is 131 cm³/mol. The summed E-state index contributed by atoms with van der Waals surface area (Å²) in [4.78, 5) is 30.2. The molecule has 33 heavy (non-hydrogen) atoms. The van der Waals surface area contributed by atoms with Gasteiger partial charge in [0, 0.05) is 55.5 Å². The molecule has 0 saturated carbocycles. The molecule has 0 bridgehead atoms. The molecule has 2 saturated heterocycles. The quantitative estimate of drug-likeness (QED) is 0.584. The van der Waals surface area contributed by atoms with Gasteiger partial charge in [-0.2, -0.15) is 0 Å². The smallest absolute Gasteiger partial charge is 0.253 e. The van der Waals surface area contributed by atoms with Gasteiger partial charge in [0.05, 0.1) is 0 Å². The Hall–Kier alpha value is -2.53. The van der Waals surface area contributed by atoms with Gasteiger partial charge in [0.25, 0.3) is 5.91 Å². The molecule has 0 aliphatic carbocycles. The molecule has 0 spiro atoms. The summed E-state index contributed by atoms with van der Waals surface area (Å²) in [6, 6.07) is 15.2. The van der Waals surface area contributed by atoms with E-state index in [9.17, 15) is 9.59 Å². The van der Waals surface area contributed by atoms with E-state index < -0.39 is 0 Å². The van der Waals surface area contributed by atoms with Gasteiger partial charge in [-0.15, -0.1) is 0 Å². The molecule has 2 aromatic rings. The van der Waals surface area contributed by atoms with Crippen LogP contribution < -0.4 is 4.74 Å². The molecule has 2 aromatic carbocycles. The van der Waals surface area contributed by atoms with Crippen molar-refractivity contribution in [2.75, 3.05) is 26.2 Å². The summed E-state index contributed by atoms with van der Waals surface area (Å²) >= 11 is 6.02. The summed E-state index contributed by atoms with van der Waals surface area (Å²) in [7, 11) is 0. The molecule has 2 aliphatic rings. The number of likely N-dealkylation sites (tertiary alicyclic amines) is 2. The Kier molecular flexibility index (Phi) is 7.92. The number of hydrogen-bond donors (Lipinski definition) is 0. The number of carbonyl (C=O) groups excluding carboxylic acids is 2. The van der Waals surface area contributed by atoms with Crippen LogP contribution in [-0.4, -0.2) is 53.9 Å². The summed E-state index contributed by atoms with van der Waals surface area (Å²) in [5, 5.41) is 0.661. The van der Waals surface area contributed by atoms with Gasteiger partial charge in [-0.3, -0.25) is 9.59 Å². The maximum absolute atomic E-state index is 13.2. The second-order valence-corrected chi connectivity index (χ2v) is 9.54. The van der Waals surface area contributed by atoms with Crippen LogP contribution in [0.1, 0.15) is 54.9 Å². The molecule has 2 heterocycles. The fourth-order valence-electron chi connectivity index (χ4n) is 4.80. The standard InChI is InChI=1S/C27H33ClN2O3/c1-2-20-6-8-21(9-7-20)27(32)30-17-14-25(33-24-12-10-23(28)11-13-24)22(19-30)18-26(31)29-15-4-3-5-16-29/h6-13,22,25H,2-5,14-19H2,1H3/t22-,25-/m0/s1. The molecule has 2 aliphatic heterocycles. The van der Waals surface area contributed by atoms with E-state index in [2.05, 4.69) is 6.92 Å². The zero-order valence-electron chi connectivity index (χ0n) is 19.3. The van der Waals surface area contributed by atoms with Crippen LogP contribution in [0.5, 0.6) is 5.75 Å². The van der Waals surface area contributed by atoms with Crippen LogP contribution in [0, 0.1) is 5.92 Å². The highest BCUT2D eigenvalue weighted by Gasteiger charge is 2.35. The van der Waals surface area contributed by atoms with Gasteiger partial charge in [-0.1, -0.05) is 30.7 Å². The fourth-order valence-corrected chi connectivity index (χ4v) is 4.92. The third-order valence-corrected chi connectivity index (χ3v) is 7.06. The van der Waals surface area contributed by atoms with E-state index in [1.807, 2.05) is 58.3 Å².